The average Bonchev–Trinajstić information content (AvgIpc) is 2.78. The second-order valence-electron chi connectivity index (χ2n) is 7.60. The zero-order valence-corrected chi connectivity index (χ0v) is 17.5. The van der Waals surface area contributed by atoms with Crippen LogP contribution in [0.5, 0.6) is 0 Å². The van der Waals surface area contributed by atoms with Gasteiger partial charge in [0.1, 0.15) is 0 Å². The number of fused-ring (bicyclic) bond motifs is 2. The smallest absolute Gasteiger partial charge is 0.268 e. The van der Waals surface area contributed by atoms with Crippen molar-refractivity contribution >= 4 is 22.7 Å². The van der Waals surface area contributed by atoms with Crippen LogP contribution in [0.4, 0.5) is 13.2 Å². The molecule has 32 heavy (non-hydrogen) atoms. The molecule has 1 aliphatic heterocycles. The van der Waals surface area contributed by atoms with Crippen molar-refractivity contribution in [3.05, 3.63) is 98.7 Å². The van der Waals surface area contributed by atoms with Gasteiger partial charge in [0.05, 0.1) is 22.2 Å². The molecule has 0 unspecified atom stereocenters. The van der Waals surface area contributed by atoms with Crippen LogP contribution in [0.15, 0.2) is 86.1 Å². The van der Waals surface area contributed by atoms with E-state index in [2.05, 4.69) is 0 Å². The van der Waals surface area contributed by atoms with E-state index in [0.29, 0.717) is 33.5 Å². The Morgan fingerprint density at radius 2 is 1.66 bits per heavy atom. The Hall–Kier alpha value is -3.26. The van der Waals surface area contributed by atoms with E-state index in [9.17, 15) is 22.8 Å². The molecule has 1 aliphatic rings. The monoisotopic (exact) mass is 454 g/mol. The van der Waals surface area contributed by atoms with E-state index >= 15 is 0 Å². The zero-order chi connectivity index (χ0) is 22.5. The first-order valence-electron chi connectivity index (χ1n) is 10.1. The second-order valence-corrected chi connectivity index (χ2v) is 8.68. The Balaban J connectivity index is 1.67. The van der Waals surface area contributed by atoms with Gasteiger partial charge in [-0.15, -0.1) is 0 Å². The summed E-state index contributed by atoms with van der Waals surface area (Å²) in [6, 6.07) is 18.2. The summed E-state index contributed by atoms with van der Waals surface area (Å²) < 4.78 is 42.5. The molecule has 0 atom stereocenters. The van der Waals surface area contributed by atoms with Gasteiger partial charge in [0.25, 0.3) is 5.56 Å². The van der Waals surface area contributed by atoms with Gasteiger partial charge in [-0.3, -0.25) is 13.9 Å². The minimum Gasteiger partial charge on any atom is -0.268 e. The first-order valence-corrected chi connectivity index (χ1v) is 10.9. The van der Waals surface area contributed by atoms with Crippen LogP contribution in [0, 0.1) is 0 Å². The summed E-state index contributed by atoms with van der Waals surface area (Å²) in [6.45, 7) is 0.175. The van der Waals surface area contributed by atoms with Crippen molar-refractivity contribution in [2.24, 2.45) is 0 Å². The van der Waals surface area contributed by atoms with Crippen LogP contribution in [0.3, 0.4) is 0 Å². The van der Waals surface area contributed by atoms with Crippen LogP contribution >= 0.6 is 11.8 Å². The molecule has 0 bridgehead atoms. The van der Waals surface area contributed by atoms with Crippen molar-refractivity contribution in [3.63, 3.8) is 0 Å². The summed E-state index contributed by atoms with van der Waals surface area (Å²) in [5.41, 5.74) is -0.287. The van der Waals surface area contributed by atoms with E-state index in [0.717, 1.165) is 22.3 Å². The topological polar surface area (TPSA) is 44.0 Å². The summed E-state index contributed by atoms with van der Waals surface area (Å²) in [5.74, 6) is 0. The van der Waals surface area contributed by atoms with Crippen LogP contribution in [0.25, 0.3) is 16.6 Å². The molecule has 0 radical (unpaired) electrons. The van der Waals surface area contributed by atoms with Gasteiger partial charge in [0, 0.05) is 16.3 Å². The summed E-state index contributed by atoms with van der Waals surface area (Å²) >= 11 is 1.26. The Bertz CT molecular complexity index is 1460. The van der Waals surface area contributed by atoms with Crippen molar-refractivity contribution < 1.29 is 13.2 Å². The number of aromatic nitrogens is 2. The molecule has 0 saturated heterocycles. The summed E-state index contributed by atoms with van der Waals surface area (Å²) in [7, 11) is 0. The Morgan fingerprint density at radius 3 is 2.41 bits per heavy atom. The van der Waals surface area contributed by atoms with E-state index in [1.165, 1.54) is 22.4 Å². The number of hydrogen-bond acceptors (Lipinski definition) is 3. The molecule has 4 nitrogen and oxygen atoms in total. The number of alkyl halides is 3. The molecule has 5 rings (SSSR count). The molecular formula is C24H17F3N2O2S. The maximum Gasteiger partial charge on any atom is 0.416 e. The molecule has 1 aromatic heterocycles. The lowest BCUT2D eigenvalue weighted by molar-refractivity contribution is -0.137. The molecule has 2 heterocycles. The number of nitrogens with zero attached hydrogens (tertiary/aromatic N) is 2. The van der Waals surface area contributed by atoms with Gasteiger partial charge in [0.15, 0.2) is 0 Å². The minimum absolute atomic E-state index is 0.148. The van der Waals surface area contributed by atoms with Gasteiger partial charge in [-0.1, -0.05) is 48.2 Å². The van der Waals surface area contributed by atoms with Gasteiger partial charge in [0.2, 0.25) is 0 Å². The van der Waals surface area contributed by atoms with Crippen LogP contribution in [0.1, 0.15) is 17.5 Å². The van der Waals surface area contributed by atoms with Crippen molar-refractivity contribution in [2.75, 3.05) is 0 Å². The fraction of sp³-hybridized carbons (Fsp3) is 0.167. The Labute approximate surface area is 184 Å². The first-order chi connectivity index (χ1) is 15.3. The van der Waals surface area contributed by atoms with Crippen LogP contribution in [0.2, 0.25) is 0 Å². The van der Waals surface area contributed by atoms with Crippen LogP contribution in [-0.2, 0) is 19.1 Å². The molecule has 0 N–H and O–H groups in total. The SMILES string of the molecule is O=c1c2cccc3c2n(c(=O)n1CCCc1ccccc1)-c1cc(C(F)(F)F)ccc1S3. The molecule has 0 spiro atoms. The number of benzene rings is 3. The number of aryl methyl sites for hydroxylation is 1. The fourth-order valence-corrected chi connectivity index (χ4v) is 5.11. The molecule has 3 aromatic carbocycles. The number of hydrogen-bond donors (Lipinski definition) is 0. The highest BCUT2D eigenvalue weighted by Gasteiger charge is 2.33. The summed E-state index contributed by atoms with van der Waals surface area (Å²) in [4.78, 5) is 27.8. The first kappa shape index (κ1) is 20.6. The number of rotatable bonds is 4. The van der Waals surface area contributed by atoms with Gasteiger partial charge >= 0.3 is 11.9 Å². The Morgan fingerprint density at radius 1 is 0.875 bits per heavy atom. The van der Waals surface area contributed by atoms with Gasteiger partial charge in [-0.2, -0.15) is 13.2 Å². The molecule has 162 valence electrons. The van der Waals surface area contributed by atoms with E-state index in [-0.39, 0.29) is 12.2 Å². The average molecular weight is 454 g/mol. The third-order valence-corrected chi connectivity index (χ3v) is 6.67. The summed E-state index contributed by atoms with van der Waals surface area (Å²) in [5, 5.41) is 0.317. The molecule has 0 fully saturated rings. The summed E-state index contributed by atoms with van der Waals surface area (Å²) in [6.07, 6.45) is -3.31. The minimum atomic E-state index is -4.54. The molecule has 0 amide bonds. The standard InChI is InChI=1S/C24H17F3N2O2S/c25-24(26,27)16-11-12-19-18(14-16)29-21-17(9-4-10-20(21)32-19)22(30)28(23(29)31)13-5-8-15-6-2-1-3-7-15/h1-4,6-7,9-12,14H,5,8,13H2. The molecule has 4 aromatic rings. The largest absolute Gasteiger partial charge is 0.416 e. The molecule has 0 saturated carbocycles. The lowest BCUT2D eigenvalue weighted by Crippen LogP contribution is -2.40. The molecule has 8 heteroatoms. The lowest BCUT2D eigenvalue weighted by atomic mass is 10.1. The highest BCUT2D eigenvalue weighted by Crippen LogP contribution is 2.43. The third kappa shape index (κ3) is 3.44. The van der Waals surface area contributed by atoms with Crippen molar-refractivity contribution in [1.29, 1.82) is 0 Å². The lowest BCUT2D eigenvalue weighted by Gasteiger charge is -2.23. The van der Waals surface area contributed by atoms with Gasteiger partial charge < -0.3 is 0 Å². The van der Waals surface area contributed by atoms with Crippen molar-refractivity contribution in [1.82, 2.24) is 9.13 Å². The fourth-order valence-electron chi connectivity index (χ4n) is 4.04. The van der Waals surface area contributed by atoms with Gasteiger partial charge in [-0.05, 0) is 48.7 Å². The maximum absolute atomic E-state index is 13.4. The predicted octanol–water partition coefficient (Wildman–Crippen LogP) is 5.27. The van der Waals surface area contributed by atoms with E-state index in [4.69, 9.17) is 0 Å². The van der Waals surface area contributed by atoms with Gasteiger partial charge in [-0.25, -0.2) is 4.79 Å². The van der Waals surface area contributed by atoms with Crippen molar-refractivity contribution in [2.45, 2.75) is 35.4 Å². The third-order valence-electron chi connectivity index (χ3n) is 5.56. The normalized spacial score (nSPS) is 12.7. The van der Waals surface area contributed by atoms with Crippen molar-refractivity contribution in [3.8, 4) is 5.69 Å². The highest BCUT2D eigenvalue weighted by atomic mass is 32.2. The number of para-hydroxylation sites is 1. The van der Waals surface area contributed by atoms with Crippen LogP contribution in [-0.4, -0.2) is 9.13 Å². The molecule has 0 aliphatic carbocycles. The van der Waals surface area contributed by atoms with E-state index in [1.807, 2.05) is 30.3 Å². The van der Waals surface area contributed by atoms with E-state index < -0.39 is 23.0 Å². The highest BCUT2D eigenvalue weighted by molar-refractivity contribution is 7.99. The van der Waals surface area contributed by atoms with E-state index in [1.54, 1.807) is 18.2 Å². The second kappa shape index (κ2) is 7.70. The number of halogens is 3. The van der Waals surface area contributed by atoms with Crippen LogP contribution < -0.4 is 11.2 Å². The Kier molecular flexibility index (Phi) is 4.97. The molecular weight excluding hydrogens is 437 g/mol. The predicted molar refractivity (Wildman–Crippen MR) is 118 cm³/mol. The zero-order valence-electron chi connectivity index (χ0n) is 16.7. The maximum atomic E-state index is 13.4. The quantitative estimate of drug-likeness (QED) is 0.372.